The Morgan fingerprint density at radius 2 is 1.95 bits per heavy atom. The number of hydrogen-bond donors (Lipinski definition) is 4. The minimum Gasteiger partial charge on any atom is -0.480 e. The molecule has 2 atom stereocenters. The van der Waals surface area contributed by atoms with Gasteiger partial charge in [-0.1, -0.05) is 0 Å². The number of nitrogens with one attached hydrogen (secondary N) is 1. The Labute approximate surface area is 126 Å². The molecule has 1 rings (SSSR count). The van der Waals surface area contributed by atoms with Crippen LogP contribution in [0.15, 0.2) is 18.2 Å². The van der Waals surface area contributed by atoms with Gasteiger partial charge in [-0.25, -0.2) is 9.18 Å². The van der Waals surface area contributed by atoms with Crippen LogP contribution in [0.2, 0.25) is 0 Å². The number of carboxylic acid groups (broad SMARTS) is 1. The summed E-state index contributed by atoms with van der Waals surface area (Å²) in [6, 6.07) is 1.65. The van der Waals surface area contributed by atoms with Crippen LogP contribution in [0.3, 0.4) is 0 Å². The molecule has 7 nitrogen and oxygen atoms in total. The Bertz CT molecular complexity index is 571. The molecule has 0 heterocycles. The van der Waals surface area contributed by atoms with Gasteiger partial charge in [-0.3, -0.25) is 10.1 Å². The van der Waals surface area contributed by atoms with Crippen LogP contribution in [0.4, 0.5) is 14.9 Å². The van der Waals surface area contributed by atoms with E-state index in [4.69, 9.17) is 15.6 Å². The molecular formula is C14H19FN2O5. The number of aliphatic carboxylic acids is 1. The van der Waals surface area contributed by atoms with E-state index in [0.717, 1.165) is 12.1 Å². The van der Waals surface area contributed by atoms with Gasteiger partial charge < -0.3 is 20.7 Å². The molecule has 122 valence electrons. The fourth-order valence-electron chi connectivity index (χ4n) is 1.60. The number of nitrogens with two attached hydrogens (primary N) is 1. The number of ether oxygens (including phenoxy) is 1. The Hall–Kier alpha value is -2.19. The van der Waals surface area contributed by atoms with Crippen LogP contribution in [0.25, 0.3) is 0 Å². The monoisotopic (exact) mass is 314 g/mol. The van der Waals surface area contributed by atoms with E-state index < -0.39 is 35.6 Å². The molecule has 5 N–H and O–H groups in total. The lowest BCUT2D eigenvalue weighted by molar-refractivity contribution is -0.141. The summed E-state index contributed by atoms with van der Waals surface area (Å²) in [4.78, 5) is 22.4. The molecule has 0 spiro atoms. The third-order valence-electron chi connectivity index (χ3n) is 2.59. The Balaban J connectivity index is 2.95. The van der Waals surface area contributed by atoms with E-state index >= 15 is 0 Å². The van der Waals surface area contributed by atoms with E-state index in [9.17, 15) is 19.1 Å². The smallest absolute Gasteiger partial charge is 0.412 e. The van der Waals surface area contributed by atoms with Gasteiger partial charge in [0.15, 0.2) is 0 Å². The average molecular weight is 314 g/mol. The van der Waals surface area contributed by atoms with Crippen molar-refractivity contribution in [1.82, 2.24) is 0 Å². The van der Waals surface area contributed by atoms with Crippen molar-refractivity contribution < 1.29 is 28.9 Å². The summed E-state index contributed by atoms with van der Waals surface area (Å²) in [5, 5.41) is 20.9. The molecule has 1 aromatic carbocycles. The molecule has 8 heteroatoms. The van der Waals surface area contributed by atoms with Crippen LogP contribution in [-0.2, 0) is 9.53 Å². The second-order valence-electron chi connectivity index (χ2n) is 5.67. The molecule has 0 aliphatic carbocycles. The van der Waals surface area contributed by atoms with Crippen molar-refractivity contribution in [2.75, 3.05) is 5.32 Å². The Morgan fingerprint density at radius 3 is 2.45 bits per heavy atom. The second-order valence-corrected chi connectivity index (χ2v) is 5.67. The third-order valence-corrected chi connectivity index (χ3v) is 2.59. The van der Waals surface area contributed by atoms with Crippen LogP contribution in [0.1, 0.15) is 32.4 Å². The average Bonchev–Trinajstić information content (AvgIpc) is 2.37. The van der Waals surface area contributed by atoms with Crippen LogP contribution in [0, 0.1) is 5.82 Å². The predicted molar refractivity (Wildman–Crippen MR) is 76.8 cm³/mol. The molecule has 0 bridgehead atoms. The summed E-state index contributed by atoms with van der Waals surface area (Å²) in [7, 11) is 0. The number of halogens is 1. The quantitative estimate of drug-likeness (QED) is 0.670. The van der Waals surface area contributed by atoms with Gasteiger partial charge >= 0.3 is 12.1 Å². The lowest BCUT2D eigenvalue weighted by Gasteiger charge is -2.20. The molecule has 2 unspecified atom stereocenters. The Morgan fingerprint density at radius 1 is 1.36 bits per heavy atom. The lowest BCUT2D eigenvalue weighted by atomic mass is 10.0. The lowest BCUT2D eigenvalue weighted by Crippen LogP contribution is -2.37. The standard InChI is InChI=1S/C14H19FN2O5/c1-14(2,3)22-13(21)17-7-4-5-9(15)8(6-7)11(18)10(16)12(19)20/h4-6,10-11,18H,16H2,1-3H3,(H,17,21)(H,19,20). The molecule has 0 aliphatic heterocycles. The molecule has 0 aromatic heterocycles. The maximum Gasteiger partial charge on any atom is 0.412 e. The second kappa shape index (κ2) is 6.71. The van der Waals surface area contributed by atoms with Gasteiger partial charge in [-0.2, -0.15) is 0 Å². The summed E-state index contributed by atoms with van der Waals surface area (Å²) in [6.07, 6.45) is -2.51. The number of benzene rings is 1. The van der Waals surface area contributed by atoms with E-state index in [0.29, 0.717) is 0 Å². The summed E-state index contributed by atoms with van der Waals surface area (Å²) in [6.45, 7) is 5.04. The number of anilines is 1. The van der Waals surface area contributed by atoms with Crippen molar-refractivity contribution in [2.24, 2.45) is 5.73 Å². The zero-order chi connectivity index (χ0) is 17.1. The molecule has 0 saturated heterocycles. The largest absolute Gasteiger partial charge is 0.480 e. The molecule has 22 heavy (non-hydrogen) atoms. The van der Waals surface area contributed by atoms with Gasteiger partial charge in [0.05, 0.1) is 0 Å². The zero-order valence-corrected chi connectivity index (χ0v) is 12.5. The highest BCUT2D eigenvalue weighted by Gasteiger charge is 2.26. The molecule has 0 aliphatic rings. The van der Waals surface area contributed by atoms with Crippen molar-refractivity contribution in [3.63, 3.8) is 0 Å². The maximum absolute atomic E-state index is 13.7. The summed E-state index contributed by atoms with van der Waals surface area (Å²) < 4.78 is 18.7. The van der Waals surface area contributed by atoms with Crippen molar-refractivity contribution in [2.45, 2.75) is 38.5 Å². The molecule has 1 amide bonds. The van der Waals surface area contributed by atoms with E-state index in [-0.39, 0.29) is 11.3 Å². The van der Waals surface area contributed by atoms with E-state index in [2.05, 4.69) is 5.32 Å². The predicted octanol–water partition coefficient (Wildman–Crippen LogP) is 1.62. The number of carboxylic acids is 1. The van der Waals surface area contributed by atoms with Gasteiger partial charge in [0.25, 0.3) is 0 Å². The first-order chi connectivity index (χ1) is 10.0. The molecule has 0 saturated carbocycles. The number of amides is 1. The first-order valence-electron chi connectivity index (χ1n) is 6.47. The highest BCUT2D eigenvalue weighted by molar-refractivity contribution is 5.85. The van der Waals surface area contributed by atoms with E-state index in [1.54, 1.807) is 20.8 Å². The fourth-order valence-corrected chi connectivity index (χ4v) is 1.60. The van der Waals surface area contributed by atoms with Crippen molar-refractivity contribution >= 4 is 17.7 Å². The van der Waals surface area contributed by atoms with E-state index in [1.165, 1.54) is 6.07 Å². The number of carbonyl (C=O) groups excluding carboxylic acids is 1. The van der Waals surface area contributed by atoms with Crippen LogP contribution >= 0.6 is 0 Å². The van der Waals surface area contributed by atoms with Crippen molar-refractivity contribution in [1.29, 1.82) is 0 Å². The molecule has 0 radical (unpaired) electrons. The third kappa shape index (κ3) is 4.97. The summed E-state index contributed by atoms with van der Waals surface area (Å²) in [5.74, 6) is -2.31. The van der Waals surface area contributed by atoms with Crippen LogP contribution in [-0.4, -0.2) is 33.9 Å². The van der Waals surface area contributed by atoms with E-state index in [1.807, 2.05) is 0 Å². The number of aliphatic hydroxyl groups excluding tert-OH is 1. The summed E-state index contributed by atoms with van der Waals surface area (Å²) in [5.41, 5.74) is 4.37. The number of hydrogen-bond acceptors (Lipinski definition) is 5. The number of rotatable bonds is 4. The Kier molecular flexibility index (Phi) is 5.45. The van der Waals surface area contributed by atoms with Gasteiger partial charge in [0.1, 0.15) is 23.6 Å². The van der Waals surface area contributed by atoms with Crippen molar-refractivity contribution in [3.05, 3.63) is 29.6 Å². The normalized spacial score (nSPS) is 14.1. The molecular weight excluding hydrogens is 295 g/mol. The number of aliphatic hydroxyl groups is 1. The topological polar surface area (TPSA) is 122 Å². The minimum absolute atomic E-state index is 0.141. The molecule has 1 aromatic rings. The first-order valence-corrected chi connectivity index (χ1v) is 6.47. The fraction of sp³-hybridized carbons (Fsp3) is 0.429. The van der Waals surface area contributed by atoms with Gasteiger partial charge in [-0.15, -0.1) is 0 Å². The highest BCUT2D eigenvalue weighted by atomic mass is 19.1. The van der Waals surface area contributed by atoms with Gasteiger partial charge in [-0.05, 0) is 39.0 Å². The van der Waals surface area contributed by atoms with Crippen LogP contribution in [0.5, 0.6) is 0 Å². The SMILES string of the molecule is CC(C)(C)OC(=O)Nc1ccc(F)c(C(O)C(N)C(=O)O)c1. The minimum atomic E-state index is -1.75. The van der Waals surface area contributed by atoms with Gasteiger partial charge in [0.2, 0.25) is 0 Å². The zero-order valence-electron chi connectivity index (χ0n) is 12.5. The summed E-state index contributed by atoms with van der Waals surface area (Å²) >= 11 is 0. The van der Waals surface area contributed by atoms with Crippen LogP contribution < -0.4 is 11.1 Å². The first kappa shape index (κ1) is 17.9. The highest BCUT2D eigenvalue weighted by Crippen LogP contribution is 2.24. The van der Waals surface area contributed by atoms with Gasteiger partial charge in [0, 0.05) is 11.3 Å². The maximum atomic E-state index is 13.7. The number of carbonyl (C=O) groups is 2. The molecule has 0 fully saturated rings. The van der Waals surface area contributed by atoms with Crippen molar-refractivity contribution in [3.8, 4) is 0 Å².